The van der Waals surface area contributed by atoms with Crippen molar-refractivity contribution >= 4 is 22.9 Å². The van der Waals surface area contributed by atoms with Gasteiger partial charge in [-0.3, -0.25) is 14.6 Å². The van der Waals surface area contributed by atoms with E-state index >= 15 is 0 Å². The Kier molecular flexibility index (Phi) is 5.90. The topological polar surface area (TPSA) is 71.5 Å². The Bertz CT molecular complexity index is 739. The molecule has 6 nitrogen and oxygen atoms in total. The average Bonchev–Trinajstić information content (AvgIpc) is 3.04. The predicted molar refractivity (Wildman–Crippen MR) is 96.3 cm³/mol. The second kappa shape index (κ2) is 8.53. The van der Waals surface area contributed by atoms with Crippen molar-refractivity contribution < 1.29 is 14.3 Å². The Morgan fingerprint density at radius 2 is 2.20 bits per heavy atom. The zero-order valence-corrected chi connectivity index (χ0v) is 14.5. The summed E-state index contributed by atoms with van der Waals surface area (Å²) in [5, 5.41) is 2.81. The molecule has 1 aliphatic rings. The van der Waals surface area contributed by atoms with E-state index in [0.717, 1.165) is 22.8 Å². The van der Waals surface area contributed by atoms with Crippen molar-refractivity contribution in [3.05, 3.63) is 59.9 Å². The van der Waals surface area contributed by atoms with E-state index in [-0.39, 0.29) is 17.7 Å². The maximum atomic E-state index is 12.0. The second-order valence-electron chi connectivity index (χ2n) is 5.57. The summed E-state index contributed by atoms with van der Waals surface area (Å²) in [7, 11) is 0. The molecule has 0 spiro atoms. The van der Waals surface area contributed by atoms with Crippen molar-refractivity contribution in [1.82, 2.24) is 15.2 Å². The van der Waals surface area contributed by atoms with E-state index in [1.807, 2.05) is 42.5 Å². The van der Waals surface area contributed by atoms with Crippen LogP contribution < -0.4 is 10.1 Å². The van der Waals surface area contributed by atoms with Crippen LogP contribution >= 0.6 is 11.8 Å². The maximum Gasteiger partial charge on any atom is 0.282 e. The Balaban J connectivity index is 1.48. The van der Waals surface area contributed by atoms with Crippen molar-refractivity contribution in [2.24, 2.45) is 0 Å². The maximum absolute atomic E-state index is 12.0. The molecule has 1 saturated heterocycles. The van der Waals surface area contributed by atoms with Crippen LogP contribution in [0.4, 0.5) is 4.79 Å². The van der Waals surface area contributed by atoms with E-state index in [0.29, 0.717) is 19.7 Å². The van der Waals surface area contributed by atoms with E-state index in [1.54, 1.807) is 11.1 Å². The Morgan fingerprint density at radius 3 is 2.96 bits per heavy atom. The number of aromatic nitrogens is 1. The van der Waals surface area contributed by atoms with Crippen LogP contribution in [0.5, 0.6) is 5.75 Å². The Morgan fingerprint density at radius 1 is 1.28 bits per heavy atom. The van der Waals surface area contributed by atoms with Gasteiger partial charge in [0.25, 0.3) is 5.24 Å². The second-order valence-corrected chi connectivity index (χ2v) is 6.62. The molecule has 1 aromatic carbocycles. The first-order chi connectivity index (χ1) is 12.2. The van der Waals surface area contributed by atoms with Crippen LogP contribution in [0.3, 0.4) is 0 Å². The van der Waals surface area contributed by atoms with Crippen LogP contribution in [0, 0.1) is 0 Å². The summed E-state index contributed by atoms with van der Waals surface area (Å²) in [5.41, 5.74) is 1.79. The van der Waals surface area contributed by atoms with Gasteiger partial charge in [0.05, 0.1) is 5.69 Å². The van der Waals surface area contributed by atoms with Gasteiger partial charge in [-0.15, -0.1) is 0 Å². The largest absolute Gasteiger partial charge is 0.487 e. The summed E-state index contributed by atoms with van der Waals surface area (Å²) in [4.78, 5) is 29.2. The molecule has 0 aliphatic carbocycles. The first-order valence-electron chi connectivity index (χ1n) is 8.01. The van der Waals surface area contributed by atoms with Gasteiger partial charge in [-0.25, -0.2) is 0 Å². The molecule has 25 heavy (non-hydrogen) atoms. The van der Waals surface area contributed by atoms with E-state index in [9.17, 15) is 9.59 Å². The fraction of sp³-hybridized carbons (Fsp3) is 0.278. The van der Waals surface area contributed by atoms with Gasteiger partial charge in [0.1, 0.15) is 18.9 Å². The van der Waals surface area contributed by atoms with Crippen LogP contribution in [0.25, 0.3) is 0 Å². The van der Waals surface area contributed by atoms with Crippen LogP contribution in [0.15, 0.2) is 48.7 Å². The summed E-state index contributed by atoms with van der Waals surface area (Å²) < 4.78 is 5.73. The minimum Gasteiger partial charge on any atom is -0.487 e. The summed E-state index contributed by atoms with van der Waals surface area (Å²) in [6.45, 7) is 1.54. The third kappa shape index (κ3) is 5.22. The molecular weight excluding hydrogens is 338 g/mol. The lowest BCUT2D eigenvalue weighted by Crippen LogP contribution is -2.36. The average molecular weight is 357 g/mol. The van der Waals surface area contributed by atoms with Gasteiger partial charge in [0.15, 0.2) is 0 Å². The molecule has 3 rings (SSSR count). The standard InChI is InChI=1S/C18H19N3O3S/c22-17(12-21-8-9-25-18(21)23)20-11-14-4-3-6-16(10-14)24-13-15-5-1-2-7-19-15/h1-7,10H,8-9,11-13H2,(H,20,22). The first kappa shape index (κ1) is 17.3. The van der Waals surface area contributed by atoms with E-state index in [1.165, 1.54) is 11.8 Å². The van der Waals surface area contributed by atoms with Crippen molar-refractivity contribution in [3.8, 4) is 5.75 Å². The summed E-state index contributed by atoms with van der Waals surface area (Å²) in [6.07, 6.45) is 1.73. The van der Waals surface area contributed by atoms with Gasteiger partial charge < -0.3 is 15.0 Å². The molecule has 2 aromatic rings. The number of carbonyl (C=O) groups is 2. The molecule has 2 heterocycles. The highest BCUT2D eigenvalue weighted by atomic mass is 32.2. The van der Waals surface area contributed by atoms with Gasteiger partial charge in [0.2, 0.25) is 5.91 Å². The van der Waals surface area contributed by atoms with Crippen LogP contribution in [0.2, 0.25) is 0 Å². The number of hydrogen-bond donors (Lipinski definition) is 1. The van der Waals surface area contributed by atoms with Crippen molar-refractivity contribution in [3.63, 3.8) is 0 Å². The third-order valence-electron chi connectivity index (χ3n) is 3.68. The lowest BCUT2D eigenvalue weighted by Gasteiger charge is -2.14. The number of carbonyl (C=O) groups excluding carboxylic acids is 2. The van der Waals surface area contributed by atoms with Gasteiger partial charge in [-0.2, -0.15) is 0 Å². The number of nitrogens with one attached hydrogen (secondary N) is 1. The predicted octanol–water partition coefficient (Wildman–Crippen LogP) is 2.45. The van der Waals surface area contributed by atoms with E-state index in [4.69, 9.17) is 4.74 Å². The van der Waals surface area contributed by atoms with E-state index < -0.39 is 0 Å². The Hall–Kier alpha value is -2.54. The van der Waals surface area contributed by atoms with E-state index in [2.05, 4.69) is 10.3 Å². The zero-order valence-electron chi connectivity index (χ0n) is 13.7. The summed E-state index contributed by atoms with van der Waals surface area (Å²) in [6, 6.07) is 13.2. The lowest BCUT2D eigenvalue weighted by molar-refractivity contribution is -0.121. The molecule has 130 valence electrons. The number of nitrogens with zero attached hydrogens (tertiary/aromatic N) is 2. The first-order valence-corrected chi connectivity index (χ1v) is 8.99. The zero-order chi connectivity index (χ0) is 17.5. The van der Waals surface area contributed by atoms with Gasteiger partial charge in [0, 0.05) is 25.0 Å². The highest BCUT2D eigenvalue weighted by Gasteiger charge is 2.22. The highest BCUT2D eigenvalue weighted by Crippen LogP contribution is 2.17. The molecule has 0 atom stereocenters. The minimum atomic E-state index is -0.157. The van der Waals surface area contributed by atoms with Crippen LogP contribution in [-0.2, 0) is 17.9 Å². The highest BCUT2D eigenvalue weighted by molar-refractivity contribution is 8.13. The van der Waals surface area contributed by atoms with Crippen molar-refractivity contribution in [2.45, 2.75) is 13.2 Å². The van der Waals surface area contributed by atoms with Crippen molar-refractivity contribution in [1.29, 1.82) is 0 Å². The number of hydrogen-bond acceptors (Lipinski definition) is 5. The molecule has 2 amide bonds. The quantitative estimate of drug-likeness (QED) is 0.824. The third-order valence-corrected chi connectivity index (χ3v) is 4.57. The summed E-state index contributed by atoms with van der Waals surface area (Å²) >= 11 is 1.25. The van der Waals surface area contributed by atoms with Gasteiger partial charge in [-0.1, -0.05) is 30.0 Å². The molecule has 1 fully saturated rings. The molecule has 0 unspecified atom stereocenters. The van der Waals surface area contributed by atoms with Crippen LogP contribution in [-0.4, -0.2) is 39.9 Å². The number of thioether (sulfide) groups is 1. The number of rotatable bonds is 7. The Labute approximate surface area is 150 Å². The normalized spacial score (nSPS) is 13.8. The van der Waals surface area contributed by atoms with Gasteiger partial charge in [-0.05, 0) is 29.8 Å². The molecular formula is C18H19N3O3S. The molecule has 0 saturated carbocycles. The lowest BCUT2D eigenvalue weighted by atomic mass is 10.2. The SMILES string of the molecule is O=C(CN1CCSC1=O)NCc1cccc(OCc2ccccn2)c1. The number of amides is 2. The van der Waals surface area contributed by atoms with Crippen LogP contribution in [0.1, 0.15) is 11.3 Å². The minimum absolute atomic E-state index is 0.0277. The number of benzene rings is 1. The molecule has 1 aliphatic heterocycles. The molecule has 0 radical (unpaired) electrons. The number of pyridine rings is 1. The van der Waals surface area contributed by atoms with Gasteiger partial charge >= 0.3 is 0 Å². The smallest absolute Gasteiger partial charge is 0.282 e. The molecule has 7 heteroatoms. The molecule has 1 N–H and O–H groups in total. The van der Waals surface area contributed by atoms with Crippen molar-refractivity contribution in [2.75, 3.05) is 18.8 Å². The molecule has 0 bridgehead atoms. The molecule has 1 aromatic heterocycles. The number of ether oxygens (including phenoxy) is 1. The fourth-order valence-electron chi connectivity index (χ4n) is 2.39. The monoisotopic (exact) mass is 357 g/mol. The fourth-order valence-corrected chi connectivity index (χ4v) is 3.21. The summed E-state index contributed by atoms with van der Waals surface area (Å²) in [5.74, 6) is 1.32.